The first-order valence-electron chi connectivity index (χ1n) is 10.1. The fourth-order valence-electron chi connectivity index (χ4n) is 3.68. The molecule has 1 fully saturated rings. The molecule has 0 bridgehead atoms. The fourth-order valence-corrected chi connectivity index (χ4v) is 3.68. The van der Waals surface area contributed by atoms with E-state index in [1.165, 1.54) is 13.3 Å². The van der Waals surface area contributed by atoms with Gasteiger partial charge >= 0.3 is 0 Å². The van der Waals surface area contributed by atoms with Crippen LogP contribution >= 0.6 is 0 Å². The molecule has 0 spiro atoms. The number of nitrogens with zero attached hydrogens (tertiary/aromatic N) is 2. The van der Waals surface area contributed by atoms with E-state index in [1.54, 1.807) is 4.90 Å². The SMILES string of the molecule is C/N=C\C(O)/C(O)=C/C(=O)N1CCCOC1CC(c1ccccc1)c1ccccc1. The first-order valence-corrected chi connectivity index (χ1v) is 10.1. The standard InChI is InChI=1S/C24H28N2O4/c1-25-17-22(28)21(27)16-23(29)26-13-8-14-30-24(26)15-20(18-9-4-2-5-10-18)19-11-6-3-7-12-19/h2-7,9-12,16-17,20,22,24,27-28H,8,13-15H2,1H3/b21-16-,25-17-. The second kappa shape index (κ2) is 10.7. The number of hydrogen-bond donors (Lipinski definition) is 2. The summed E-state index contributed by atoms with van der Waals surface area (Å²) in [4.78, 5) is 18.1. The third-order valence-electron chi connectivity index (χ3n) is 5.19. The normalized spacial score (nSPS) is 18.7. The van der Waals surface area contributed by atoms with Crippen molar-refractivity contribution < 1.29 is 19.7 Å². The molecule has 2 atom stereocenters. The van der Waals surface area contributed by atoms with Crippen LogP contribution in [0.4, 0.5) is 0 Å². The second-order valence-corrected chi connectivity index (χ2v) is 7.24. The van der Waals surface area contributed by atoms with Gasteiger partial charge in [-0.1, -0.05) is 60.7 Å². The number of benzene rings is 2. The van der Waals surface area contributed by atoms with Crippen LogP contribution in [-0.2, 0) is 9.53 Å². The third kappa shape index (κ3) is 5.55. The first kappa shape index (κ1) is 21.7. The molecule has 1 amide bonds. The van der Waals surface area contributed by atoms with Crippen molar-refractivity contribution in [3.05, 3.63) is 83.6 Å². The van der Waals surface area contributed by atoms with Crippen molar-refractivity contribution in [3.8, 4) is 0 Å². The molecule has 0 aliphatic carbocycles. The summed E-state index contributed by atoms with van der Waals surface area (Å²) in [6, 6.07) is 20.3. The lowest BCUT2D eigenvalue weighted by Crippen LogP contribution is -2.46. The Bertz CT molecular complexity index is 828. The molecule has 158 valence electrons. The minimum absolute atomic E-state index is 0.0567. The van der Waals surface area contributed by atoms with Gasteiger partial charge in [0.25, 0.3) is 5.91 Å². The molecule has 0 radical (unpaired) electrons. The number of amides is 1. The Balaban J connectivity index is 1.84. The molecule has 0 saturated carbocycles. The summed E-state index contributed by atoms with van der Waals surface area (Å²) < 4.78 is 5.98. The number of aliphatic hydroxyl groups is 2. The van der Waals surface area contributed by atoms with Gasteiger partial charge in [0.2, 0.25) is 0 Å². The minimum atomic E-state index is -1.30. The number of aliphatic imine (C=N–C) groups is 1. The van der Waals surface area contributed by atoms with Gasteiger partial charge in [0.1, 0.15) is 18.1 Å². The van der Waals surface area contributed by atoms with Gasteiger partial charge < -0.3 is 19.8 Å². The van der Waals surface area contributed by atoms with Crippen LogP contribution in [-0.4, -0.2) is 59.8 Å². The summed E-state index contributed by atoms with van der Waals surface area (Å²) in [5.74, 6) is -0.764. The van der Waals surface area contributed by atoms with Crippen molar-refractivity contribution in [2.24, 2.45) is 4.99 Å². The Labute approximate surface area is 177 Å². The van der Waals surface area contributed by atoms with Crippen LogP contribution in [0.25, 0.3) is 0 Å². The molecule has 1 aliphatic rings. The maximum absolute atomic E-state index is 12.8. The van der Waals surface area contributed by atoms with Crippen LogP contribution in [0.1, 0.15) is 29.9 Å². The summed E-state index contributed by atoms with van der Waals surface area (Å²) in [5.41, 5.74) is 2.30. The molecule has 6 heteroatoms. The molecular formula is C24H28N2O4. The summed E-state index contributed by atoms with van der Waals surface area (Å²) in [6.45, 7) is 1.10. The van der Waals surface area contributed by atoms with Crippen LogP contribution < -0.4 is 0 Å². The van der Waals surface area contributed by atoms with E-state index < -0.39 is 18.1 Å². The van der Waals surface area contributed by atoms with Gasteiger partial charge in [0, 0.05) is 38.2 Å². The van der Waals surface area contributed by atoms with Crippen LogP contribution in [0.15, 0.2) is 77.5 Å². The lowest BCUT2D eigenvalue weighted by atomic mass is 9.87. The number of carbonyl (C=O) groups is 1. The Morgan fingerprint density at radius 1 is 1.17 bits per heavy atom. The molecule has 3 rings (SSSR count). The topological polar surface area (TPSA) is 82.4 Å². The summed E-state index contributed by atoms with van der Waals surface area (Å²) in [6.07, 6.45) is 1.80. The zero-order valence-electron chi connectivity index (χ0n) is 17.1. The predicted octanol–water partition coefficient (Wildman–Crippen LogP) is 3.29. The van der Waals surface area contributed by atoms with Gasteiger partial charge in [-0.15, -0.1) is 0 Å². The van der Waals surface area contributed by atoms with Gasteiger partial charge in [-0.05, 0) is 17.5 Å². The van der Waals surface area contributed by atoms with Crippen LogP contribution in [0.3, 0.4) is 0 Å². The smallest absolute Gasteiger partial charge is 0.252 e. The maximum Gasteiger partial charge on any atom is 0.252 e. The zero-order valence-corrected chi connectivity index (χ0v) is 17.1. The molecule has 1 saturated heterocycles. The van der Waals surface area contributed by atoms with E-state index in [9.17, 15) is 15.0 Å². The van der Waals surface area contributed by atoms with E-state index in [0.717, 1.165) is 23.6 Å². The molecule has 1 aliphatic heterocycles. The molecular weight excluding hydrogens is 380 g/mol. The van der Waals surface area contributed by atoms with Crippen molar-refractivity contribution >= 4 is 12.1 Å². The number of aliphatic hydroxyl groups excluding tert-OH is 2. The third-order valence-corrected chi connectivity index (χ3v) is 5.19. The van der Waals surface area contributed by atoms with Gasteiger partial charge in [-0.2, -0.15) is 0 Å². The van der Waals surface area contributed by atoms with Crippen molar-refractivity contribution in [3.63, 3.8) is 0 Å². The number of hydrogen-bond acceptors (Lipinski definition) is 5. The van der Waals surface area contributed by atoms with Gasteiger partial charge in [-0.3, -0.25) is 9.79 Å². The Kier molecular flexibility index (Phi) is 7.76. The largest absolute Gasteiger partial charge is 0.509 e. The lowest BCUT2D eigenvalue weighted by Gasteiger charge is -2.37. The van der Waals surface area contributed by atoms with Crippen molar-refractivity contribution in [2.75, 3.05) is 20.2 Å². The maximum atomic E-state index is 12.8. The Hall–Kier alpha value is -2.96. The predicted molar refractivity (Wildman–Crippen MR) is 117 cm³/mol. The summed E-state index contributed by atoms with van der Waals surface area (Å²) >= 11 is 0. The number of rotatable bonds is 7. The molecule has 0 aromatic heterocycles. The quantitative estimate of drug-likeness (QED) is 0.418. The summed E-state index contributed by atoms with van der Waals surface area (Å²) in [5, 5.41) is 19.8. The van der Waals surface area contributed by atoms with E-state index in [0.29, 0.717) is 19.6 Å². The Morgan fingerprint density at radius 3 is 2.33 bits per heavy atom. The molecule has 2 unspecified atom stereocenters. The first-order chi connectivity index (χ1) is 14.6. The van der Waals surface area contributed by atoms with E-state index in [4.69, 9.17) is 4.74 Å². The van der Waals surface area contributed by atoms with Crippen molar-refractivity contribution in [1.29, 1.82) is 0 Å². The highest BCUT2D eigenvalue weighted by molar-refractivity contribution is 5.89. The average Bonchev–Trinajstić information content (AvgIpc) is 2.79. The average molecular weight is 408 g/mol. The molecule has 6 nitrogen and oxygen atoms in total. The highest BCUT2D eigenvalue weighted by atomic mass is 16.5. The van der Waals surface area contributed by atoms with E-state index >= 15 is 0 Å². The zero-order chi connectivity index (χ0) is 21.3. The second-order valence-electron chi connectivity index (χ2n) is 7.24. The molecule has 2 N–H and O–H groups in total. The van der Waals surface area contributed by atoms with Crippen LogP contribution in [0.2, 0.25) is 0 Å². The summed E-state index contributed by atoms with van der Waals surface area (Å²) in [7, 11) is 1.49. The molecule has 30 heavy (non-hydrogen) atoms. The molecule has 2 aromatic rings. The van der Waals surface area contributed by atoms with Crippen LogP contribution in [0.5, 0.6) is 0 Å². The van der Waals surface area contributed by atoms with E-state index in [2.05, 4.69) is 29.3 Å². The van der Waals surface area contributed by atoms with Gasteiger partial charge in [0.15, 0.2) is 0 Å². The minimum Gasteiger partial charge on any atom is -0.509 e. The van der Waals surface area contributed by atoms with Crippen LogP contribution in [0, 0.1) is 0 Å². The number of carbonyl (C=O) groups excluding carboxylic acids is 1. The molecule has 2 aromatic carbocycles. The van der Waals surface area contributed by atoms with Gasteiger partial charge in [0.05, 0.1) is 6.61 Å². The molecule has 1 heterocycles. The Morgan fingerprint density at radius 2 is 1.77 bits per heavy atom. The van der Waals surface area contributed by atoms with E-state index in [1.807, 2.05) is 36.4 Å². The monoisotopic (exact) mass is 408 g/mol. The van der Waals surface area contributed by atoms with Crippen molar-refractivity contribution in [1.82, 2.24) is 4.90 Å². The lowest BCUT2D eigenvalue weighted by molar-refractivity contribution is -0.151. The van der Waals surface area contributed by atoms with Gasteiger partial charge in [-0.25, -0.2) is 0 Å². The highest BCUT2D eigenvalue weighted by Crippen LogP contribution is 2.32. The van der Waals surface area contributed by atoms with Crippen molar-refractivity contribution in [2.45, 2.75) is 31.1 Å². The number of ether oxygens (including phenoxy) is 1. The highest BCUT2D eigenvalue weighted by Gasteiger charge is 2.30. The van der Waals surface area contributed by atoms with E-state index in [-0.39, 0.29) is 11.8 Å². The fraction of sp³-hybridized carbons (Fsp3) is 0.333.